The van der Waals surface area contributed by atoms with Gasteiger partial charge in [0.25, 0.3) is 0 Å². The van der Waals surface area contributed by atoms with E-state index in [-0.39, 0.29) is 0 Å². The lowest BCUT2D eigenvalue weighted by atomic mass is 9.83. The average molecular weight is 185 g/mol. The van der Waals surface area contributed by atoms with Crippen molar-refractivity contribution in [2.24, 2.45) is 11.3 Å². The van der Waals surface area contributed by atoms with Gasteiger partial charge in [-0.25, -0.2) is 0 Å². The van der Waals surface area contributed by atoms with Crippen molar-refractivity contribution in [2.75, 3.05) is 13.6 Å². The van der Waals surface area contributed by atoms with Crippen molar-refractivity contribution in [1.82, 2.24) is 5.32 Å². The monoisotopic (exact) mass is 185 g/mol. The van der Waals surface area contributed by atoms with Gasteiger partial charge in [0.05, 0.1) is 0 Å². The molecule has 0 aliphatic carbocycles. The molecule has 0 saturated heterocycles. The van der Waals surface area contributed by atoms with Gasteiger partial charge in [0.2, 0.25) is 0 Å². The molecule has 0 fully saturated rings. The van der Waals surface area contributed by atoms with Crippen LogP contribution in [0.25, 0.3) is 0 Å². The fourth-order valence-electron chi connectivity index (χ4n) is 1.58. The van der Waals surface area contributed by atoms with Crippen LogP contribution in [-0.4, -0.2) is 13.6 Å². The van der Waals surface area contributed by atoms with Gasteiger partial charge in [0.15, 0.2) is 0 Å². The average Bonchev–Trinajstić information content (AvgIpc) is 2.00. The van der Waals surface area contributed by atoms with Crippen molar-refractivity contribution >= 4 is 0 Å². The zero-order valence-electron chi connectivity index (χ0n) is 10.1. The Morgan fingerprint density at radius 1 is 1.15 bits per heavy atom. The molecule has 0 rings (SSSR count). The Hall–Kier alpha value is -0.0400. The fourth-order valence-corrected chi connectivity index (χ4v) is 1.58. The Kier molecular flexibility index (Phi) is 6.40. The van der Waals surface area contributed by atoms with Crippen molar-refractivity contribution < 1.29 is 0 Å². The molecule has 0 saturated carbocycles. The second-order valence-corrected chi connectivity index (χ2v) is 5.30. The molecular formula is C12H27N. The summed E-state index contributed by atoms with van der Waals surface area (Å²) >= 11 is 0. The van der Waals surface area contributed by atoms with Crippen LogP contribution in [-0.2, 0) is 0 Å². The van der Waals surface area contributed by atoms with E-state index >= 15 is 0 Å². The summed E-state index contributed by atoms with van der Waals surface area (Å²) in [6, 6.07) is 0. The van der Waals surface area contributed by atoms with E-state index in [2.05, 4.69) is 33.0 Å². The number of hydrogen-bond acceptors (Lipinski definition) is 1. The van der Waals surface area contributed by atoms with Crippen molar-refractivity contribution in [1.29, 1.82) is 0 Å². The highest BCUT2D eigenvalue weighted by Crippen LogP contribution is 2.27. The molecule has 0 aliphatic rings. The highest BCUT2D eigenvalue weighted by Gasteiger charge is 2.16. The largest absolute Gasteiger partial charge is 0.320 e. The van der Waals surface area contributed by atoms with Gasteiger partial charge in [0, 0.05) is 0 Å². The molecule has 1 N–H and O–H groups in total. The van der Waals surface area contributed by atoms with Gasteiger partial charge >= 0.3 is 0 Å². The molecule has 0 aromatic rings. The topological polar surface area (TPSA) is 12.0 Å². The van der Waals surface area contributed by atoms with Gasteiger partial charge in [-0.05, 0) is 37.8 Å². The van der Waals surface area contributed by atoms with Crippen molar-refractivity contribution in [3.8, 4) is 0 Å². The zero-order chi connectivity index (χ0) is 10.3. The third kappa shape index (κ3) is 8.29. The Labute approximate surface area is 84.3 Å². The first kappa shape index (κ1) is 13.0. The third-order valence-corrected chi connectivity index (χ3v) is 2.69. The van der Waals surface area contributed by atoms with Crippen molar-refractivity contribution in [3.63, 3.8) is 0 Å². The smallest absolute Gasteiger partial charge is 0.00468 e. The molecule has 0 amide bonds. The van der Waals surface area contributed by atoms with Crippen LogP contribution in [0.2, 0.25) is 0 Å². The molecule has 13 heavy (non-hydrogen) atoms. The predicted molar refractivity (Wildman–Crippen MR) is 61.0 cm³/mol. The summed E-state index contributed by atoms with van der Waals surface area (Å²) in [5, 5.41) is 3.22. The number of hydrogen-bond donors (Lipinski definition) is 1. The molecule has 0 heterocycles. The SMILES string of the molecule is CNCCC(C)(C)CCCC(C)C. The summed E-state index contributed by atoms with van der Waals surface area (Å²) in [5.74, 6) is 0.861. The summed E-state index contributed by atoms with van der Waals surface area (Å²) in [5.41, 5.74) is 0.526. The third-order valence-electron chi connectivity index (χ3n) is 2.69. The van der Waals surface area contributed by atoms with E-state index in [1.807, 2.05) is 7.05 Å². The van der Waals surface area contributed by atoms with Gasteiger partial charge in [-0.1, -0.05) is 40.5 Å². The molecule has 0 aliphatic heterocycles. The molecule has 0 aromatic heterocycles. The second kappa shape index (κ2) is 6.42. The van der Waals surface area contributed by atoms with E-state index in [1.165, 1.54) is 25.7 Å². The quantitative estimate of drug-likeness (QED) is 0.640. The Morgan fingerprint density at radius 2 is 1.77 bits per heavy atom. The van der Waals surface area contributed by atoms with Crippen LogP contribution in [0.1, 0.15) is 53.4 Å². The van der Waals surface area contributed by atoms with E-state index in [4.69, 9.17) is 0 Å². The molecule has 1 heteroatoms. The zero-order valence-corrected chi connectivity index (χ0v) is 10.1. The highest BCUT2D eigenvalue weighted by atomic mass is 14.8. The van der Waals surface area contributed by atoms with Crippen molar-refractivity contribution in [3.05, 3.63) is 0 Å². The molecule has 0 atom stereocenters. The normalized spacial score (nSPS) is 12.5. The number of rotatable bonds is 7. The highest BCUT2D eigenvalue weighted by molar-refractivity contribution is 4.69. The van der Waals surface area contributed by atoms with Gasteiger partial charge in [0.1, 0.15) is 0 Å². The minimum absolute atomic E-state index is 0.526. The van der Waals surface area contributed by atoms with Crippen LogP contribution in [0, 0.1) is 11.3 Å². The summed E-state index contributed by atoms with van der Waals surface area (Å²) in [7, 11) is 2.03. The summed E-state index contributed by atoms with van der Waals surface area (Å²) in [6.07, 6.45) is 5.42. The molecule has 0 unspecified atom stereocenters. The summed E-state index contributed by atoms with van der Waals surface area (Å²) < 4.78 is 0. The lowest BCUT2D eigenvalue weighted by Gasteiger charge is -2.24. The maximum Gasteiger partial charge on any atom is -0.00468 e. The van der Waals surface area contributed by atoms with E-state index in [9.17, 15) is 0 Å². The maximum absolute atomic E-state index is 3.22. The fraction of sp³-hybridized carbons (Fsp3) is 1.00. The van der Waals surface area contributed by atoms with Crippen LogP contribution in [0.5, 0.6) is 0 Å². The Bertz CT molecular complexity index is 116. The Balaban J connectivity index is 3.50. The van der Waals surface area contributed by atoms with Gasteiger partial charge in [-0.2, -0.15) is 0 Å². The summed E-state index contributed by atoms with van der Waals surface area (Å²) in [4.78, 5) is 0. The van der Waals surface area contributed by atoms with Crippen molar-refractivity contribution in [2.45, 2.75) is 53.4 Å². The van der Waals surface area contributed by atoms with Crippen LogP contribution in [0.3, 0.4) is 0 Å². The maximum atomic E-state index is 3.22. The molecule has 0 aromatic carbocycles. The molecule has 1 nitrogen and oxygen atoms in total. The van der Waals surface area contributed by atoms with Crippen LogP contribution in [0.4, 0.5) is 0 Å². The van der Waals surface area contributed by atoms with E-state index in [1.54, 1.807) is 0 Å². The Morgan fingerprint density at radius 3 is 2.23 bits per heavy atom. The van der Waals surface area contributed by atoms with Gasteiger partial charge in [-0.15, -0.1) is 0 Å². The van der Waals surface area contributed by atoms with Crippen LogP contribution >= 0.6 is 0 Å². The minimum atomic E-state index is 0.526. The first-order valence-corrected chi connectivity index (χ1v) is 5.62. The lowest BCUT2D eigenvalue weighted by molar-refractivity contribution is 0.287. The molecule has 0 radical (unpaired) electrons. The molecular weight excluding hydrogens is 158 g/mol. The van der Waals surface area contributed by atoms with Gasteiger partial charge in [-0.3, -0.25) is 0 Å². The first-order valence-electron chi connectivity index (χ1n) is 5.62. The number of nitrogens with one attached hydrogen (secondary N) is 1. The molecule has 0 bridgehead atoms. The van der Waals surface area contributed by atoms with E-state index in [0.29, 0.717) is 5.41 Å². The second-order valence-electron chi connectivity index (χ2n) is 5.30. The predicted octanol–water partition coefficient (Wildman–Crippen LogP) is 3.45. The van der Waals surface area contributed by atoms with Crippen LogP contribution in [0.15, 0.2) is 0 Å². The standard InChI is InChI=1S/C12H27N/c1-11(2)7-6-8-12(3,4)9-10-13-5/h11,13H,6-10H2,1-5H3. The minimum Gasteiger partial charge on any atom is -0.320 e. The van der Waals surface area contributed by atoms with Crippen LogP contribution < -0.4 is 5.32 Å². The molecule has 80 valence electrons. The first-order chi connectivity index (χ1) is 5.98. The van der Waals surface area contributed by atoms with E-state index in [0.717, 1.165) is 12.5 Å². The molecule has 0 spiro atoms. The lowest BCUT2D eigenvalue weighted by Crippen LogP contribution is -2.19. The summed E-state index contributed by atoms with van der Waals surface area (Å²) in [6.45, 7) is 10.5. The van der Waals surface area contributed by atoms with E-state index < -0.39 is 0 Å². The van der Waals surface area contributed by atoms with Gasteiger partial charge < -0.3 is 5.32 Å².